The van der Waals surface area contributed by atoms with E-state index < -0.39 is 13.9 Å². The van der Waals surface area contributed by atoms with E-state index in [1.54, 1.807) is 0 Å². The van der Waals surface area contributed by atoms with E-state index in [4.69, 9.17) is 18.9 Å². The highest BCUT2D eigenvalue weighted by Gasteiger charge is 2.56. The summed E-state index contributed by atoms with van der Waals surface area (Å²) in [6, 6.07) is 8.92. The first kappa shape index (κ1) is 29.7. The van der Waals surface area contributed by atoms with Gasteiger partial charge in [-0.25, -0.2) is 0 Å². The van der Waals surface area contributed by atoms with Gasteiger partial charge in [0.2, 0.25) is 0 Å². The first-order valence-electron chi connectivity index (χ1n) is 14.8. The van der Waals surface area contributed by atoms with Crippen molar-refractivity contribution < 1.29 is 13.9 Å². The second-order valence-corrected chi connectivity index (χ2v) is 21.1. The molecule has 2 unspecified atom stereocenters. The average Bonchev–Trinajstić information content (AvgIpc) is 3.14. The maximum Gasteiger partial charge on any atom is 0.192 e. The van der Waals surface area contributed by atoms with E-state index in [2.05, 4.69) is 115 Å². The van der Waals surface area contributed by atoms with Gasteiger partial charge >= 0.3 is 0 Å². The van der Waals surface area contributed by atoms with Crippen LogP contribution in [0.1, 0.15) is 119 Å². The lowest BCUT2D eigenvalue weighted by molar-refractivity contribution is -0.113. The fourth-order valence-electron chi connectivity index (χ4n) is 6.51. The molecule has 0 N–H and O–H groups in total. The molecule has 1 saturated heterocycles. The molecule has 0 saturated carbocycles. The Balaban J connectivity index is 1.81. The molecule has 4 nitrogen and oxygen atoms in total. The molecule has 1 fully saturated rings. The van der Waals surface area contributed by atoms with Crippen molar-refractivity contribution in [2.45, 2.75) is 120 Å². The Labute approximate surface area is 251 Å². The Morgan fingerprint density at radius 2 is 1.77 bits per heavy atom. The smallest absolute Gasteiger partial charge is 0.192 e. The topological polar surface area (TPSA) is 40.6 Å². The molecule has 5 rings (SSSR count). The van der Waals surface area contributed by atoms with Gasteiger partial charge in [-0.1, -0.05) is 101 Å². The second-order valence-electron chi connectivity index (χ2n) is 14.8. The van der Waals surface area contributed by atoms with E-state index in [-0.39, 0.29) is 26.6 Å². The lowest BCUT2D eigenvalue weighted by atomic mass is 9.70. The van der Waals surface area contributed by atoms with Crippen LogP contribution in [-0.2, 0) is 25.9 Å². The summed E-state index contributed by atoms with van der Waals surface area (Å²) >= 11 is 2.60. The summed E-state index contributed by atoms with van der Waals surface area (Å²) in [6.45, 7) is 24.7. The minimum absolute atomic E-state index is 0.0239. The maximum atomic E-state index is 7.38. The van der Waals surface area contributed by atoms with Crippen LogP contribution in [0, 0.1) is 12.3 Å². The number of hydrogen-bond donors (Lipinski definition) is 0. The average molecular weight is 662 g/mol. The van der Waals surface area contributed by atoms with Gasteiger partial charge in [-0.2, -0.15) is 0 Å². The van der Waals surface area contributed by atoms with Crippen LogP contribution in [0.25, 0.3) is 0 Å². The van der Waals surface area contributed by atoms with Crippen molar-refractivity contribution in [2.75, 3.05) is 13.2 Å². The molecular formula is C33H48INO3Si. The highest BCUT2D eigenvalue weighted by Crippen LogP contribution is 2.60. The van der Waals surface area contributed by atoms with Crippen molar-refractivity contribution in [1.82, 2.24) is 4.98 Å². The first-order chi connectivity index (χ1) is 18.1. The van der Waals surface area contributed by atoms with Crippen molar-refractivity contribution in [3.8, 4) is 0 Å². The molecule has 3 aliphatic rings. The van der Waals surface area contributed by atoms with Crippen LogP contribution >= 0.6 is 22.6 Å². The van der Waals surface area contributed by atoms with Crippen molar-refractivity contribution in [1.29, 1.82) is 0 Å². The molecule has 1 aromatic carbocycles. The third-order valence-corrected chi connectivity index (χ3v) is 15.5. The van der Waals surface area contributed by atoms with Crippen molar-refractivity contribution >= 4 is 30.9 Å². The van der Waals surface area contributed by atoms with Gasteiger partial charge in [-0.3, -0.25) is 4.98 Å². The molecule has 4 atom stereocenters. The Hall–Kier alpha value is -0.803. The van der Waals surface area contributed by atoms with Gasteiger partial charge in [0.05, 0.1) is 16.6 Å². The fourth-order valence-corrected chi connectivity index (χ4v) is 8.80. The summed E-state index contributed by atoms with van der Waals surface area (Å²) in [5, 5.41) is 0.131. The Bertz CT molecular complexity index is 1230. The number of aromatic nitrogens is 1. The summed E-state index contributed by atoms with van der Waals surface area (Å²) < 4.78 is 21.0. The normalized spacial score (nSPS) is 28.6. The van der Waals surface area contributed by atoms with Crippen molar-refractivity contribution in [3.63, 3.8) is 0 Å². The van der Waals surface area contributed by atoms with E-state index in [1.165, 1.54) is 39.2 Å². The molecule has 3 heterocycles. The third kappa shape index (κ3) is 5.19. The summed E-state index contributed by atoms with van der Waals surface area (Å²) in [5.41, 5.74) is 8.68. The molecule has 1 aromatic heterocycles. The van der Waals surface area contributed by atoms with E-state index in [9.17, 15) is 0 Å². The summed E-state index contributed by atoms with van der Waals surface area (Å²) in [7, 11) is -2.05. The Kier molecular flexibility index (Phi) is 7.75. The predicted octanol–water partition coefficient (Wildman–Crippen LogP) is 9.09. The van der Waals surface area contributed by atoms with E-state index in [1.807, 2.05) is 0 Å². The van der Waals surface area contributed by atoms with Gasteiger partial charge in [-0.05, 0) is 54.8 Å². The number of nitrogens with zero attached hydrogens (tertiary/aromatic N) is 1. The molecule has 1 spiro atoms. The van der Waals surface area contributed by atoms with Gasteiger partial charge in [-0.15, -0.1) is 0 Å². The highest BCUT2D eigenvalue weighted by molar-refractivity contribution is 14.1. The van der Waals surface area contributed by atoms with Crippen LogP contribution in [0.15, 0.2) is 24.3 Å². The summed E-state index contributed by atoms with van der Waals surface area (Å²) in [5.74, 6) is 0.299. The standard InChI is InChI=1S/C33H48INO3Si/c1-20(2)29-27-28(26-23(35-29)17-32(7,8)18-24(26)38-39(9,10)31(4,5)6)33(15-16-36-19-25(33)34)37-30(27)22-13-11-21(3)12-14-22/h11-14,20,24-25,30H,15-19H2,1-10H3/t24-,25?,30+,33?/m0/s1. The molecule has 2 aliphatic heterocycles. The number of aryl methyl sites for hydroxylation is 1. The van der Waals surface area contributed by atoms with Gasteiger partial charge in [0, 0.05) is 41.1 Å². The van der Waals surface area contributed by atoms with Crippen molar-refractivity contribution in [3.05, 3.63) is 63.5 Å². The lowest BCUT2D eigenvalue weighted by Crippen LogP contribution is -2.47. The molecule has 0 amide bonds. The van der Waals surface area contributed by atoms with E-state index >= 15 is 0 Å². The number of alkyl halides is 1. The summed E-state index contributed by atoms with van der Waals surface area (Å²) in [4.78, 5) is 5.54. The molecule has 6 heteroatoms. The monoisotopic (exact) mass is 661 g/mol. The van der Waals surface area contributed by atoms with Gasteiger partial charge in [0.25, 0.3) is 0 Å². The minimum atomic E-state index is -2.05. The van der Waals surface area contributed by atoms with Crippen LogP contribution in [-0.4, -0.2) is 30.4 Å². The Morgan fingerprint density at radius 3 is 2.36 bits per heavy atom. The number of hydrogen-bond acceptors (Lipinski definition) is 4. The quantitative estimate of drug-likeness (QED) is 0.186. The van der Waals surface area contributed by atoms with Gasteiger partial charge in [0.15, 0.2) is 8.32 Å². The minimum Gasteiger partial charge on any atom is -0.410 e. The first-order valence-corrected chi connectivity index (χ1v) is 18.9. The highest BCUT2D eigenvalue weighted by atomic mass is 127. The maximum absolute atomic E-state index is 7.38. The van der Waals surface area contributed by atoms with Crippen LogP contribution < -0.4 is 0 Å². The SMILES string of the molecule is Cc1ccc([C@H]2OC3(CCOCC3I)c3c2c(C(C)C)nc2c3[C@@H](O[Si](C)(C)C(C)(C)C)CC(C)(C)C2)cc1. The number of benzene rings is 1. The number of halogens is 1. The largest absolute Gasteiger partial charge is 0.410 e. The lowest BCUT2D eigenvalue weighted by Gasteiger charge is -2.47. The van der Waals surface area contributed by atoms with Gasteiger partial charge < -0.3 is 13.9 Å². The molecule has 214 valence electrons. The van der Waals surface area contributed by atoms with E-state index in [0.717, 1.165) is 19.3 Å². The zero-order valence-electron chi connectivity index (χ0n) is 25.7. The van der Waals surface area contributed by atoms with Crippen LogP contribution in [0.3, 0.4) is 0 Å². The molecule has 2 aromatic rings. The van der Waals surface area contributed by atoms with Crippen LogP contribution in [0.5, 0.6) is 0 Å². The van der Waals surface area contributed by atoms with Crippen LogP contribution in [0.4, 0.5) is 0 Å². The molecule has 0 radical (unpaired) electrons. The molecule has 0 bridgehead atoms. The van der Waals surface area contributed by atoms with Gasteiger partial charge in [0.1, 0.15) is 11.7 Å². The predicted molar refractivity (Wildman–Crippen MR) is 170 cm³/mol. The number of fused-ring (bicyclic) bond motifs is 4. The second kappa shape index (κ2) is 10.2. The van der Waals surface area contributed by atoms with Crippen LogP contribution in [0.2, 0.25) is 18.1 Å². The molecule has 39 heavy (non-hydrogen) atoms. The fraction of sp³-hybridized carbons (Fsp3) is 0.667. The zero-order valence-corrected chi connectivity index (χ0v) is 28.9. The zero-order chi connectivity index (χ0) is 28.5. The Morgan fingerprint density at radius 1 is 1.10 bits per heavy atom. The molecule has 1 aliphatic carbocycles. The number of pyridine rings is 1. The number of ether oxygens (including phenoxy) is 2. The van der Waals surface area contributed by atoms with Crippen molar-refractivity contribution in [2.24, 2.45) is 5.41 Å². The third-order valence-electron chi connectivity index (χ3n) is 9.66. The summed E-state index contributed by atoms with van der Waals surface area (Å²) in [6.07, 6.45) is 2.74. The molecular weight excluding hydrogens is 613 g/mol. The number of rotatable bonds is 4. The van der Waals surface area contributed by atoms with E-state index in [0.29, 0.717) is 19.1 Å².